The van der Waals surface area contributed by atoms with E-state index in [1.54, 1.807) is 90.3 Å². The second-order valence-electron chi connectivity index (χ2n) is 19.0. The first kappa shape index (κ1) is 64.9. The van der Waals surface area contributed by atoms with Crippen LogP contribution in [0.3, 0.4) is 0 Å². The van der Waals surface area contributed by atoms with Gasteiger partial charge >= 0.3 is 23.9 Å². The Kier molecular flexibility index (Phi) is 32.0. The number of unbranched alkanes of at least 4 members (excludes halogenated alkanes) is 18. The quantitative estimate of drug-likeness (QED) is 0.0160. The smallest absolute Gasteiger partial charge is 0.343 e. The molecular weight excluding hydrogens is 1090 g/mol. The summed E-state index contributed by atoms with van der Waals surface area (Å²) in [5, 5.41) is 0. The molecule has 0 aliphatic carbocycles. The van der Waals surface area contributed by atoms with Crippen molar-refractivity contribution < 1.29 is 57.1 Å². The maximum Gasteiger partial charge on any atom is 0.343 e. The molecule has 5 rings (SSSR count). The summed E-state index contributed by atoms with van der Waals surface area (Å²) in [6, 6.07) is 31.8. The van der Waals surface area contributed by atoms with Gasteiger partial charge in [0, 0.05) is 17.6 Å². The van der Waals surface area contributed by atoms with E-state index >= 15 is 0 Å². The molecule has 0 amide bonds. The average molecular weight is 1170 g/mol. The molecule has 430 valence electrons. The lowest BCUT2D eigenvalue weighted by molar-refractivity contribution is 0.0723. The zero-order valence-corrected chi connectivity index (χ0v) is 49.7. The Bertz CT molecular complexity index is 2430. The topological polar surface area (TPSA) is 142 Å². The standard InChI is InChI=1S/C64H78O12S4/c1-3-69-63(77)79-46-23-19-15-11-7-5-9-13-17-21-44-71-53-36-28-49(29-37-53)59(65)73-55-40-32-51(33-41-55)61(67)75-57-26-25-27-58(48-57)76-62(68)52-34-42-56(43-35-52)74-60(66)50-30-38-54(39-31-50)72-45-22-18-14-10-6-8-12-16-20-24-47-80-64(78)70-4-2/h25-43,48H,3-24,44-47H2,1-2H3. The van der Waals surface area contributed by atoms with Gasteiger partial charge in [0.05, 0.1) is 48.7 Å². The van der Waals surface area contributed by atoms with Crippen LogP contribution in [0.4, 0.5) is 0 Å². The highest BCUT2D eigenvalue weighted by Crippen LogP contribution is 2.25. The second-order valence-corrected chi connectivity index (χ2v) is 22.4. The zero-order chi connectivity index (χ0) is 56.8. The van der Waals surface area contributed by atoms with Crippen LogP contribution >= 0.6 is 48.0 Å². The minimum atomic E-state index is -0.667. The number of thioether (sulfide) groups is 2. The van der Waals surface area contributed by atoms with E-state index in [0.717, 1.165) is 37.2 Å². The van der Waals surface area contributed by atoms with Gasteiger partial charge in [-0.25, -0.2) is 19.2 Å². The fourth-order valence-corrected chi connectivity index (χ4v) is 10.4. The first-order valence-electron chi connectivity index (χ1n) is 28.3. The van der Waals surface area contributed by atoms with Crippen molar-refractivity contribution in [3.05, 3.63) is 144 Å². The number of carbonyl (C=O) groups excluding carboxylic acids is 4. The zero-order valence-electron chi connectivity index (χ0n) is 46.5. The normalized spacial score (nSPS) is 10.8. The molecule has 0 heterocycles. The van der Waals surface area contributed by atoms with E-state index in [4.69, 9.17) is 62.3 Å². The van der Waals surface area contributed by atoms with Gasteiger partial charge in [-0.05, 0) is 173 Å². The summed E-state index contributed by atoms with van der Waals surface area (Å²) in [5.74, 6) is 1.83. The van der Waals surface area contributed by atoms with Crippen molar-refractivity contribution in [1.29, 1.82) is 0 Å². The molecule has 0 spiro atoms. The van der Waals surface area contributed by atoms with Gasteiger partial charge in [0.15, 0.2) is 0 Å². The minimum Gasteiger partial charge on any atom is -0.494 e. The van der Waals surface area contributed by atoms with Gasteiger partial charge in [0.1, 0.15) is 34.5 Å². The van der Waals surface area contributed by atoms with Gasteiger partial charge in [-0.15, -0.1) is 0 Å². The van der Waals surface area contributed by atoms with Crippen molar-refractivity contribution in [3.63, 3.8) is 0 Å². The number of rotatable bonds is 38. The van der Waals surface area contributed by atoms with Crippen molar-refractivity contribution in [2.45, 2.75) is 142 Å². The molecule has 0 N–H and O–H groups in total. The molecule has 0 saturated carbocycles. The second kappa shape index (κ2) is 39.5. The summed E-state index contributed by atoms with van der Waals surface area (Å²) in [7, 11) is 0. The van der Waals surface area contributed by atoms with Crippen LogP contribution in [0.5, 0.6) is 34.5 Å². The highest BCUT2D eigenvalue weighted by Gasteiger charge is 2.16. The van der Waals surface area contributed by atoms with Crippen molar-refractivity contribution in [1.82, 2.24) is 0 Å². The minimum absolute atomic E-state index is 0.147. The summed E-state index contributed by atoms with van der Waals surface area (Å²) in [6.45, 7) is 6.43. The van der Waals surface area contributed by atoms with E-state index in [1.165, 1.54) is 157 Å². The fourth-order valence-electron chi connectivity index (χ4n) is 8.20. The average Bonchev–Trinajstić information content (AvgIpc) is 3.46. The van der Waals surface area contributed by atoms with Crippen LogP contribution in [0.15, 0.2) is 121 Å². The van der Waals surface area contributed by atoms with E-state index in [1.807, 2.05) is 13.8 Å². The third-order valence-corrected chi connectivity index (χ3v) is 15.2. The van der Waals surface area contributed by atoms with Gasteiger partial charge in [0.25, 0.3) is 0 Å². The molecular formula is C64H78O12S4. The molecule has 5 aromatic carbocycles. The van der Waals surface area contributed by atoms with Crippen molar-refractivity contribution in [2.24, 2.45) is 0 Å². The summed E-state index contributed by atoms with van der Waals surface area (Å²) in [5.41, 5.74) is 1.14. The Balaban J connectivity index is 0.906. The Labute approximate surface area is 493 Å². The van der Waals surface area contributed by atoms with Crippen LogP contribution in [0, 0.1) is 0 Å². The number of carbonyl (C=O) groups is 4. The lowest BCUT2D eigenvalue weighted by Gasteiger charge is -2.09. The Morgan fingerprint density at radius 1 is 0.338 bits per heavy atom. The maximum atomic E-state index is 13.0. The largest absolute Gasteiger partial charge is 0.494 e. The number of ether oxygens (including phenoxy) is 8. The number of benzene rings is 5. The third kappa shape index (κ3) is 27.0. The summed E-state index contributed by atoms with van der Waals surface area (Å²) < 4.78 is 45.9. The summed E-state index contributed by atoms with van der Waals surface area (Å²) in [4.78, 5) is 51.9. The van der Waals surface area contributed by atoms with Crippen LogP contribution in [0.25, 0.3) is 0 Å². The SMILES string of the molecule is CCOC(=S)SCCCCCCCCCCCCOc1ccc(C(=O)Oc2ccc(C(=O)Oc3cccc(OC(=O)c4ccc(OC(=O)c5ccc(OCCCCCCCCCCCCSC(=S)OCC)cc5)cc4)c3)cc2)cc1. The lowest BCUT2D eigenvalue weighted by Crippen LogP contribution is -2.11. The highest BCUT2D eigenvalue weighted by molar-refractivity contribution is 8.22. The Hall–Kier alpha value is -5.94. The molecule has 0 aliphatic rings. The van der Waals surface area contributed by atoms with Crippen molar-refractivity contribution >= 4 is 80.6 Å². The summed E-state index contributed by atoms with van der Waals surface area (Å²) in [6.07, 6.45) is 24.1. The first-order chi connectivity index (χ1) is 39.1. The first-order valence-corrected chi connectivity index (χ1v) is 31.1. The predicted molar refractivity (Wildman–Crippen MR) is 329 cm³/mol. The van der Waals surface area contributed by atoms with E-state index in [0.29, 0.717) is 57.8 Å². The molecule has 0 fully saturated rings. The van der Waals surface area contributed by atoms with Gasteiger partial charge in [0.2, 0.25) is 8.77 Å². The van der Waals surface area contributed by atoms with E-state index in [2.05, 4.69) is 0 Å². The molecule has 0 unspecified atom stereocenters. The molecule has 0 bridgehead atoms. The lowest BCUT2D eigenvalue weighted by atomic mass is 10.1. The molecule has 0 atom stereocenters. The molecule has 80 heavy (non-hydrogen) atoms. The van der Waals surface area contributed by atoms with Crippen molar-refractivity contribution in [2.75, 3.05) is 37.9 Å². The molecule has 0 aromatic heterocycles. The molecule has 12 nitrogen and oxygen atoms in total. The van der Waals surface area contributed by atoms with Gasteiger partial charge in [-0.3, -0.25) is 0 Å². The van der Waals surface area contributed by atoms with Crippen LogP contribution in [0.1, 0.15) is 184 Å². The van der Waals surface area contributed by atoms with Crippen LogP contribution in [0.2, 0.25) is 0 Å². The molecule has 5 aromatic rings. The molecule has 0 radical (unpaired) electrons. The number of esters is 4. The van der Waals surface area contributed by atoms with E-state index in [9.17, 15) is 19.2 Å². The third-order valence-electron chi connectivity index (χ3n) is 12.6. The molecule has 16 heteroatoms. The number of hydrogen-bond acceptors (Lipinski definition) is 16. The van der Waals surface area contributed by atoms with Crippen LogP contribution < -0.4 is 28.4 Å². The van der Waals surface area contributed by atoms with Gasteiger partial charge < -0.3 is 37.9 Å². The van der Waals surface area contributed by atoms with Gasteiger partial charge in [-0.2, -0.15) is 0 Å². The Morgan fingerprint density at radius 3 is 0.900 bits per heavy atom. The maximum absolute atomic E-state index is 13.0. The number of hydrogen-bond donors (Lipinski definition) is 0. The highest BCUT2D eigenvalue weighted by atomic mass is 32.2. The monoisotopic (exact) mass is 1170 g/mol. The summed E-state index contributed by atoms with van der Waals surface area (Å²) >= 11 is 13.6. The molecule has 0 aliphatic heterocycles. The van der Waals surface area contributed by atoms with E-state index in [-0.39, 0.29) is 34.1 Å². The number of thiocarbonyl (C=S) groups is 2. The predicted octanol–water partition coefficient (Wildman–Crippen LogP) is 17.2. The van der Waals surface area contributed by atoms with E-state index < -0.39 is 23.9 Å². The van der Waals surface area contributed by atoms with Crippen LogP contribution in [-0.4, -0.2) is 70.6 Å². The van der Waals surface area contributed by atoms with Gasteiger partial charge in [-0.1, -0.05) is 132 Å². The van der Waals surface area contributed by atoms with Crippen molar-refractivity contribution in [3.8, 4) is 34.5 Å². The fraction of sp³-hybridized carbons (Fsp3) is 0.438. The van der Waals surface area contributed by atoms with Crippen LogP contribution in [-0.2, 0) is 9.47 Å². The Morgan fingerprint density at radius 2 is 0.600 bits per heavy atom. The molecule has 0 saturated heterocycles.